The zero-order chi connectivity index (χ0) is 8.15. The highest BCUT2D eigenvalue weighted by molar-refractivity contribution is 7.98. The molecule has 4 N–H and O–H groups in total. The highest BCUT2D eigenvalue weighted by atomic mass is 32.2. The molecule has 0 aromatic carbocycles. The summed E-state index contributed by atoms with van der Waals surface area (Å²) in [7, 11) is 0. The molecule has 10 heavy (non-hydrogen) atoms. The lowest BCUT2D eigenvalue weighted by atomic mass is 10.2. The SMILES string of the molecule is CSC[C@@H](N)C(O)C(=O)O. The maximum absolute atomic E-state index is 10.1. The number of nitrogens with two attached hydrogens (primary N) is 1. The molecule has 0 saturated heterocycles. The van der Waals surface area contributed by atoms with Gasteiger partial charge in [0.2, 0.25) is 0 Å². The van der Waals surface area contributed by atoms with E-state index >= 15 is 0 Å². The van der Waals surface area contributed by atoms with Crippen molar-refractivity contribution in [3.05, 3.63) is 0 Å². The van der Waals surface area contributed by atoms with E-state index in [2.05, 4.69) is 0 Å². The molecule has 0 spiro atoms. The Balaban J connectivity index is 3.69. The second-order valence-electron chi connectivity index (χ2n) is 1.90. The number of carbonyl (C=O) groups is 1. The first kappa shape index (κ1) is 9.74. The quantitative estimate of drug-likeness (QED) is 0.504. The lowest BCUT2D eigenvalue weighted by Gasteiger charge is -2.12. The molecule has 0 amide bonds. The fourth-order valence-corrected chi connectivity index (χ4v) is 1.03. The number of rotatable bonds is 4. The minimum absolute atomic E-state index is 0.452. The largest absolute Gasteiger partial charge is 0.479 e. The van der Waals surface area contributed by atoms with E-state index in [4.69, 9.17) is 15.9 Å². The maximum atomic E-state index is 10.1. The number of carboxylic acid groups (broad SMARTS) is 1. The molecular weight excluding hydrogens is 154 g/mol. The van der Waals surface area contributed by atoms with Gasteiger partial charge in [-0.05, 0) is 6.26 Å². The Morgan fingerprint density at radius 3 is 2.60 bits per heavy atom. The molecule has 5 heteroatoms. The van der Waals surface area contributed by atoms with Crippen LogP contribution in [0.2, 0.25) is 0 Å². The van der Waals surface area contributed by atoms with Crippen molar-refractivity contribution in [2.45, 2.75) is 12.1 Å². The predicted octanol–water partition coefficient (Wildman–Crippen LogP) is -0.878. The van der Waals surface area contributed by atoms with E-state index in [1.807, 2.05) is 0 Å². The summed E-state index contributed by atoms with van der Waals surface area (Å²) in [5.41, 5.74) is 5.28. The molecule has 0 aliphatic heterocycles. The monoisotopic (exact) mass is 165 g/mol. The minimum Gasteiger partial charge on any atom is -0.479 e. The van der Waals surface area contributed by atoms with Gasteiger partial charge in [0.05, 0.1) is 6.04 Å². The third-order valence-corrected chi connectivity index (χ3v) is 1.74. The number of aliphatic carboxylic acids is 1. The highest BCUT2D eigenvalue weighted by Crippen LogP contribution is 1.99. The van der Waals surface area contributed by atoms with E-state index in [1.54, 1.807) is 6.26 Å². The van der Waals surface area contributed by atoms with E-state index < -0.39 is 18.1 Å². The molecule has 2 atom stereocenters. The molecule has 0 rings (SSSR count). The molecule has 0 radical (unpaired) electrons. The normalized spacial score (nSPS) is 16.3. The predicted molar refractivity (Wildman–Crippen MR) is 40.0 cm³/mol. The van der Waals surface area contributed by atoms with Crippen LogP contribution in [-0.4, -0.2) is 40.3 Å². The molecule has 0 aromatic heterocycles. The van der Waals surface area contributed by atoms with Gasteiger partial charge in [-0.25, -0.2) is 4.79 Å². The first-order chi connectivity index (χ1) is 4.59. The zero-order valence-corrected chi connectivity index (χ0v) is 6.47. The first-order valence-corrected chi connectivity index (χ1v) is 4.14. The van der Waals surface area contributed by atoms with Gasteiger partial charge in [-0.2, -0.15) is 11.8 Å². The zero-order valence-electron chi connectivity index (χ0n) is 5.65. The standard InChI is InChI=1S/C5H11NO3S/c1-10-2-3(6)4(7)5(8)9/h3-4,7H,2,6H2,1H3,(H,8,9)/t3-,4?/m1/s1. The fourth-order valence-electron chi connectivity index (χ4n) is 0.467. The van der Waals surface area contributed by atoms with Crippen LogP contribution < -0.4 is 5.73 Å². The summed E-state index contributed by atoms with van der Waals surface area (Å²) in [5.74, 6) is -0.811. The molecule has 4 nitrogen and oxygen atoms in total. The number of aliphatic hydroxyl groups excluding tert-OH is 1. The van der Waals surface area contributed by atoms with Crippen LogP contribution in [0.15, 0.2) is 0 Å². The topological polar surface area (TPSA) is 83.5 Å². The van der Waals surface area contributed by atoms with Crippen LogP contribution in [0.5, 0.6) is 0 Å². The van der Waals surface area contributed by atoms with Gasteiger partial charge in [0, 0.05) is 5.75 Å². The van der Waals surface area contributed by atoms with Crippen LogP contribution in [0.3, 0.4) is 0 Å². The van der Waals surface area contributed by atoms with Gasteiger partial charge in [-0.15, -0.1) is 0 Å². The van der Waals surface area contributed by atoms with Crippen molar-refractivity contribution in [2.24, 2.45) is 5.73 Å². The van der Waals surface area contributed by atoms with E-state index in [9.17, 15) is 4.79 Å². The summed E-state index contributed by atoms with van der Waals surface area (Å²) in [6, 6.07) is -0.674. The molecule has 60 valence electrons. The number of thioether (sulfide) groups is 1. The maximum Gasteiger partial charge on any atom is 0.334 e. The summed E-state index contributed by atoms with van der Waals surface area (Å²) in [4.78, 5) is 10.1. The lowest BCUT2D eigenvalue weighted by molar-refractivity contribution is -0.147. The van der Waals surface area contributed by atoms with Crippen LogP contribution in [0.1, 0.15) is 0 Å². The van der Waals surface area contributed by atoms with Crippen LogP contribution in [0.4, 0.5) is 0 Å². The highest BCUT2D eigenvalue weighted by Gasteiger charge is 2.20. The van der Waals surface area contributed by atoms with Crippen molar-refractivity contribution in [3.63, 3.8) is 0 Å². The fraction of sp³-hybridized carbons (Fsp3) is 0.800. The molecule has 0 bridgehead atoms. The number of hydrogen-bond donors (Lipinski definition) is 3. The Labute approximate surface area is 63.4 Å². The Morgan fingerprint density at radius 2 is 2.30 bits per heavy atom. The average molecular weight is 165 g/mol. The Bertz CT molecular complexity index is 119. The summed E-state index contributed by atoms with van der Waals surface area (Å²) >= 11 is 1.41. The van der Waals surface area contributed by atoms with Gasteiger partial charge in [0.1, 0.15) is 0 Å². The Hall–Kier alpha value is -0.260. The number of carboxylic acids is 1. The summed E-state index contributed by atoms with van der Waals surface area (Å²) in [6.45, 7) is 0. The van der Waals surface area contributed by atoms with Gasteiger partial charge in [0.25, 0.3) is 0 Å². The van der Waals surface area contributed by atoms with Crippen molar-refractivity contribution in [1.29, 1.82) is 0 Å². The van der Waals surface area contributed by atoms with Crippen molar-refractivity contribution in [2.75, 3.05) is 12.0 Å². The summed E-state index contributed by atoms with van der Waals surface area (Å²) in [6.07, 6.45) is 0.362. The molecule has 0 aliphatic rings. The van der Waals surface area contributed by atoms with E-state index in [0.29, 0.717) is 5.75 Å². The van der Waals surface area contributed by atoms with Gasteiger partial charge >= 0.3 is 5.97 Å². The van der Waals surface area contributed by atoms with E-state index in [-0.39, 0.29) is 0 Å². The van der Waals surface area contributed by atoms with Crippen LogP contribution in [-0.2, 0) is 4.79 Å². The van der Waals surface area contributed by atoms with Gasteiger partial charge in [-0.3, -0.25) is 0 Å². The number of aliphatic hydroxyl groups is 1. The average Bonchev–Trinajstić information content (AvgIpc) is 1.87. The van der Waals surface area contributed by atoms with Gasteiger partial charge in [-0.1, -0.05) is 0 Å². The van der Waals surface area contributed by atoms with Crippen LogP contribution >= 0.6 is 11.8 Å². The Morgan fingerprint density at radius 1 is 1.80 bits per heavy atom. The lowest BCUT2D eigenvalue weighted by Crippen LogP contribution is -2.42. The molecule has 0 fully saturated rings. The molecule has 0 aliphatic carbocycles. The molecule has 0 heterocycles. The van der Waals surface area contributed by atoms with Crippen molar-refractivity contribution in [3.8, 4) is 0 Å². The smallest absolute Gasteiger partial charge is 0.334 e. The molecule has 0 aromatic rings. The minimum atomic E-state index is -1.44. The second-order valence-corrected chi connectivity index (χ2v) is 2.81. The van der Waals surface area contributed by atoms with Crippen molar-refractivity contribution < 1.29 is 15.0 Å². The molecular formula is C5H11NO3S. The third-order valence-electron chi connectivity index (χ3n) is 1.02. The van der Waals surface area contributed by atoms with E-state index in [0.717, 1.165) is 0 Å². The van der Waals surface area contributed by atoms with Crippen molar-refractivity contribution in [1.82, 2.24) is 0 Å². The van der Waals surface area contributed by atoms with Gasteiger partial charge in [0.15, 0.2) is 6.10 Å². The van der Waals surface area contributed by atoms with Crippen LogP contribution in [0.25, 0.3) is 0 Å². The first-order valence-electron chi connectivity index (χ1n) is 2.75. The van der Waals surface area contributed by atoms with Crippen LogP contribution in [0, 0.1) is 0 Å². The second kappa shape index (κ2) is 4.54. The molecule has 1 unspecified atom stereocenters. The summed E-state index contributed by atoms with van der Waals surface area (Å²) in [5, 5.41) is 17.0. The van der Waals surface area contributed by atoms with Gasteiger partial charge < -0.3 is 15.9 Å². The Kier molecular flexibility index (Phi) is 4.42. The van der Waals surface area contributed by atoms with E-state index in [1.165, 1.54) is 11.8 Å². The number of hydrogen-bond acceptors (Lipinski definition) is 4. The summed E-state index contributed by atoms with van der Waals surface area (Å²) < 4.78 is 0. The van der Waals surface area contributed by atoms with Crippen molar-refractivity contribution >= 4 is 17.7 Å². The molecule has 0 saturated carbocycles. The third kappa shape index (κ3) is 3.05.